The Morgan fingerprint density at radius 2 is 2.00 bits per heavy atom. The molecule has 4 heteroatoms. The molecule has 3 nitrogen and oxygen atoms in total. The van der Waals surface area contributed by atoms with Crippen LogP contribution in [0.4, 0.5) is 5.13 Å². The van der Waals surface area contributed by atoms with Gasteiger partial charge in [-0.1, -0.05) is 43.4 Å². The molecule has 0 aliphatic carbocycles. The molecular weight excluding hydrogens is 266 g/mol. The first kappa shape index (κ1) is 13.1. The molecule has 0 saturated carbocycles. The third-order valence-electron chi connectivity index (χ3n) is 3.08. The normalized spacial score (nSPS) is 11.2. The van der Waals surface area contributed by atoms with Gasteiger partial charge in [0.15, 0.2) is 5.13 Å². The molecule has 0 radical (unpaired) electrons. The molecule has 2 heterocycles. The lowest BCUT2D eigenvalue weighted by atomic mass is 10.1. The Hall–Kier alpha value is -1.94. The van der Waals surface area contributed by atoms with Gasteiger partial charge in [0.25, 0.3) is 0 Å². The minimum atomic E-state index is 0.615. The molecule has 0 atom stereocenters. The zero-order valence-corrected chi connectivity index (χ0v) is 12.4. The quantitative estimate of drug-likeness (QED) is 0.770. The fraction of sp³-hybridized carbons (Fsp3) is 0.250. The number of thiazole rings is 1. The molecule has 0 bridgehead atoms. The zero-order valence-electron chi connectivity index (χ0n) is 11.6. The number of fused-ring (bicyclic) bond motifs is 1. The van der Waals surface area contributed by atoms with Crippen LogP contribution in [-0.2, 0) is 0 Å². The van der Waals surface area contributed by atoms with Crippen molar-refractivity contribution in [2.45, 2.75) is 13.8 Å². The highest BCUT2D eigenvalue weighted by Gasteiger charge is 2.08. The first-order chi connectivity index (χ1) is 9.74. The summed E-state index contributed by atoms with van der Waals surface area (Å²) in [5.41, 5.74) is 2.22. The van der Waals surface area contributed by atoms with E-state index in [1.54, 1.807) is 11.3 Å². The maximum absolute atomic E-state index is 4.46. The molecule has 1 N–H and O–H groups in total. The molecule has 102 valence electrons. The summed E-state index contributed by atoms with van der Waals surface area (Å²) < 4.78 is 0. The van der Waals surface area contributed by atoms with Crippen molar-refractivity contribution in [3.8, 4) is 10.4 Å². The Bertz CT molecular complexity index is 713. The number of nitrogens with zero attached hydrogens (tertiary/aromatic N) is 2. The summed E-state index contributed by atoms with van der Waals surface area (Å²) >= 11 is 1.69. The van der Waals surface area contributed by atoms with Crippen LogP contribution in [-0.4, -0.2) is 16.5 Å². The highest BCUT2D eigenvalue weighted by Crippen LogP contribution is 2.33. The van der Waals surface area contributed by atoms with Gasteiger partial charge in [0.2, 0.25) is 0 Å². The number of para-hydroxylation sites is 1. The predicted octanol–water partition coefficient (Wildman–Crippen LogP) is 4.43. The van der Waals surface area contributed by atoms with E-state index in [0.717, 1.165) is 17.2 Å². The van der Waals surface area contributed by atoms with E-state index in [2.05, 4.69) is 41.3 Å². The average Bonchev–Trinajstić information content (AvgIpc) is 2.93. The van der Waals surface area contributed by atoms with Crippen LogP contribution in [0.3, 0.4) is 0 Å². The molecule has 0 spiro atoms. The highest BCUT2D eigenvalue weighted by atomic mass is 32.1. The van der Waals surface area contributed by atoms with Gasteiger partial charge >= 0.3 is 0 Å². The lowest BCUT2D eigenvalue weighted by Crippen LogP contribution is -2.07. The minimum Gasteiger partial charge on any atom is -0.361 e. The summed E-state index contributed by atoms with van der Waals surface area (Å²) in [6, 6.07) is 10.3. The number of nitrogens with one attached hydrogen (secondary N) is 1. The number of aromatic nitrogens is 2. The third kappa shape index (κ3) is 2.65. The number of benzene rings is 1. The van der Waals surface area contributed by atoms with Crippen LogP contribution in [0.15, 0.2) is 42.7 Å². The standard InChI is InChI=1S/C16H17N3S/c1-11(2)9-18-16-19-10-15(20-16)13-7-8-17-14-6-4-3-5-12(13)14/h3-8,10-11H,9H2,1-2H3,(H,18,19). The lowest BCUT2D eigenvalue weighted by molar-refractivity contribution is 0.688. The van der Waals surface area contributed by atoms with E-state index in [1.807, 2.05) is 30.6 Å². The van der Waals surface area contributed by atoms with Gasteiger partial charge in [0, 0.05) is 29.9 Å². The van der Waals surface area contributed by atoms with Crippen molar-refractivity contribution in [1.82, 2.24) is 9.97 Å². The number of hydrogen-bond donors (Lipinski definition) is 1. The first-order valence-corrected chi connectivity index (χ1v) is 7.59. The van der Waals surface area contributed by atoms with Crippen LogP contribution in [0.2, 0.25) is 0 Å². The largest absolute Gasteiger partial charge is 0.361 e. The van der Waals surface area contributed by atoms with E-state index < -0.39 is 0 Å². The van der Waals surface area contributed by atoms with Crippen LogP contribution in [0.1, 0.15) is 13.8 Å². The maximum atomic E-state index is 4.46. The SMILES string of the molecule is CC(C)CNc1ncc(-c2ccnc3ccccc23)s1. The van der Waals surface area contributed by atoms with Gasteiger partial charge in [-0.2, -0.15) is 0 Å². The van der Waals surface area contributed by atoms with Crippen LogP contribution >= 0.6 is 11.3 Å². The zero-order chi connectivity index (χ0) is 13.9. The van der Waals surface area contributed by atoms with Gasteiger partial charge < -0.3 is 5.32 Å². The van der Waals surface area contributed by atoms with Crippen molar-refractivity contribution in [2.75, 3.05) is 11.9 Å². The summed E-state index contributed by atoms with van der Waals surface area (Å²) in [6.45, 7) is 5.33. The second-order valence-electron chi connectivity index (χ2n) is 5.18. The van der Waals surface area contributed by atoms with Crippen LogP contribution in [0.5, 0.6) is 0 Å². The predicted molar refractivity (Wildman–Crippen MR) is 86.2 cm³/mol. The van der Waals surface area contributed by atoms with E-state index in [4.69, 9.17) is 0 Å². The van der Waals surface area contributed by atoms with E-state index in [-0.39, 0.29) is 0 Å². The van der Waals surface area contributed by atoms with Crippen molar-refractivity contribution in [3.05, 3.63) is 42.7 Å². The van der Waals surface area contributed by atoms with E-state index in [9.17, 15) is 0 Å². The smallest absolute Gasteiger partial charge is 0.183 e. The van der Waals surface area contributed by atoms with Crippen molar-refractivity contribution in [2.24, 2.45) is 5.92 Å². The Morgan fingerprint density at radius 3 is 2.85 bits per heavy atom. The molecule has 0 saturated heterocycles. The van der Waals surface area contributed by atoms with Crippen LogP contribution in [0.25, 0.3) is 21.3 Å². The van der Waals surface area contributed by atoms with E-state index in [0.29, 0.717) is 5.92 Å². The lowest BCUT2D eigenvalue weighted by Gasteiger charge is -2.05. The molecule has 3 rings (SSSR count). The number of hydrogen-bond acceptors (Lipinski definition) is 4. The Morgan fingerprint density at radius 1 is 1.15 bits per heavy atom. The summed E-state index contributed by atoms with van der Waals surface area (Å²) in [5, 5.41) is 5.53. The molecule has 0 fully saturated rings. The van der Waals surface area contributed by atoms with E-state index in [1.165, 1.54) is 15.8 Å². The molecule has 0 unspecified atom stereocenters. The number of pyridine rings is 1. The first-order valence-electron chi connectivity index (χ1n) is 6.78. The minimum absolute atomic E-state index is 0.615. The Labute approximate surface area is 122 Å². The molecule has 0 amide bonds. The molecule has 1 aromatic carbocycles. The van der Waals surface area contributed by atoms with Crippen molar-refractivity contribution in [1.29, 1.82) is 0 Å². The molecular formula is C16H17N3S. The van der Waals surface area contributed by atoms with Gasteiger partial charge in [0.05, 0.1) is 10.4 Å². The van der Waals surface area contributed by atoms with E-state index >= 15 is 0 Å². The van der Waals surface area contributed by atoms with Crippen molar-refractivity contribution >= 4 is 27.4 Å². The fourth-order valence-electron chi connectivity index (χ4n) is 2.08. The highest BCUT2D eigenvalue weighted by molar-refractivity contribution is 7.19. The molecule has 20 heavy (non-hydrogen) atoms. The second-order valence-corrected chi connectivity index (χ2v) is 6.21. The monoisotopic (exact) mass is 283 g/mol. The van der Waals surface area contributed by atoms with Crippen molar-refractivity contribution in [3.63, 3.8) is 0 Å². The number of rotatable bonds is 4. The fourth-order valence-corrected chi connectivity index (χ4v) is 2.95. The van der Waals surface area contributed by atoms with Gasteiger partial charge in [-0.3, -0.25) is 4.98 Å². The summed E-state index contributed by atoms with van der Waals surface area (Å²) in [5.74, 6) is 0.615. The molecule has 2 aromatic heterocycles. The van der Waals surface area contributed by atoms with Crippen LogP contribution < -0.4 is 5.32 Å². The van der Waals surface area contributed by atoms with Gasteiger partial charge in [0.1, 0.15) is 0 Å². The van der Waals surface area contributed by atoms with Gasteiger partial charge in [-0.05, 0) is 18.1 Å². The Kier molecular flexibility index (Phi) is 3.65. The second kappa shape index (κ2) is 5.59. The third-order valence-corrected chi connectivity index (χ3v) is 4.07. The van der Waals surface area contributed by atoms with Crippen molar-refractivity contribution < 1.29 is 0 Å². The summed E-state index contributed by atoms with van der Waals surface area (Å²) in [6.07, 6.45) is 3.80. The average molecular weight is 283 g/mol. The van der Waals surface area contributed by atoms with Gasteiger partial charge in [-0.25, -0.2) is 4.98 Å². The maximum Gasteiger partial charge on any atom is 0.183 e. The summed E-state index contributed by atoms with van der Waals surface area (Å²) in [7, 11) is 0. The molecule has 0 aliphatic rings. The number of anilines is 1. The topological polar surface area (TPSA) is 37.8 Å². The molecule has 3 aromatic rings. The van der Waals surface area contributed by atoms with Gasteiger partial charge in [-0.15, -0.1) is 0 Å². The summed E-state index contributed by atoms with van der Waals surface area (Å²) in [4.78, 5) is 10.0. The van der Waals surface area contributed by atoms with Crippen LogP contribution in [0, 0.1) is 5.92 Å². The molecule has 0 aliphatic heterocycles. The Balaban J connectivity index is 1.95.